The maximum absolute atomic E-state index is 13.4. The van der Waals surface area contributed by atoms with Gasteiger partial charge in [-0.1, -0.05) is 19.3 Å². The number of anilines is 1. The molecule has 1 saturated carbocycles. The fourth-order valence-electron chi connectivity index (χ4n) is 2.51. The molecule has 4 nitrogen and oxygen atoms in total. The summed E-state index contributed by atoms with van der Waals surface area (Å²) < 4.78 is 31.8. The van der Waals surface area contributed by atoms with Gasteiger partial charge in [-0.2, -0.15) is 0 Å². The number of carbonyl (C=O) groups excluding carboxylic acids is 1. The number of hydrogen-bond donors (Lipinski definition) is 2. The number of halogens is 2. The molecule has 0 saturated heterocycles. The molecule has 6 heteroatoms. The van der Waals surface area contributed by atoms with E-state index in [4.69, 9.17) is 4.74 Å². The van der Waals surface area contributed by atoms with E-state index >= 15 is 0 Å². The Hall–Kier alpha value is -1.69. The zero-order valence-corrected chi connectivity index (χ0v) is 12.5. The van der Waals surface area contributed by atoms with Gasteiger partial charge >= 0.3 is 6.03 Å². The number of carbonyl (C=O) groups is 1. The highest BCUT2D eigenvalue weighted by Crippen LogP contribution is 2.20. The Labute approximate surface area is 129 Å². The van der Waals surface area contributed by atoms with Crippen molar-refractivity contribution < 1.29 is 18.3 Å². The molecule has 2 rings (SSSR count). The van der Waals surface area contributed by atoms with E-state index in [0.717, 1.165) is 25.0 Å². The summed E-state index contributed by atoms with van der Waals surface area (Å²) in [4.78, 5) is 11.6. The number of amides is 2. The van der Waals surface area contributed by atoms with E-state index in [1.807, 2.05) is 0 Å². The third-order valence-corrected chi connectivity index (χ3v) is 3.69. The van der Waals surface area contributed by atoms with Crippen LogP contribution in [-0.4, -0.2) is 25.3 Å². The first-order chi connectivity index (χ1) is 10.6. The molecule has 1 aliphatic carbocycles. The van der Waals surface area contributed by atoms with E-state index in [2.05, 4.69) is 10.6 Å². The summed E-state index contributed by atoms with van der Waals surface area (Å²) in [6.07, 6.45) is 7.06. The largest absolute Gasteiger partial charge is 0.378 e. The van der Waals surface area contributed by atoms with E-state index in [1.165, 1.54) is 25.3 Å². The van der Waals surface area contributed by atoms with Crippen molar-refractivity contribution in [2.45, 2.75) is 44.6 Å². The lowest BCUT2D eigenvalue weighted by Gasteiger charge is -2.21. The van der Waals surface area contributed by atoms with E-state index in [0.29, 0.717) is 25.7 Å². The summed E-state index contributed by atoms with van der Waals surface area (Å²) in [7, 11) is 0. The molecular formula is C16H22F2N2O2. The van der Waals surface area contributed by atoms with Crippen LogP contribution in [-0.2, 0) is 4.74 Å². The third-order valence-electron chi connectivity index (χ3n) is 3.69. The van der Waals surface area contributed by atoms with Crippen LogP contribution < -0.4 is 10.6 Å². The van der Waals surface area contributed by atoms with Gasteiger partial charge in [0, 0.05) is 19.2 Å². The first-order valence-electron chi connectivity index (χ1n) is 7.76. The first-order valence-corrected chi connectivity index (χ1v) is 7.76. The summed E-state index contributed by atoms with van der Waals surface area (Å²) in [5, 5.41) is 4.97. The molecule has 22 heavy (non-hydrogen) atoms. The molecule has 0 spiro atoms. The Balaban J connectivity index is 1.59. The van der Waals surface area contributed by atoms with Crippen LogP contribution in [0.3, 0.4) is 0 Å². The van der Waals surface area contributed by atoms with Gasteiger partial charge in [-0.05, 0) is 31.4 Å². The van der Waals surface area contributed by atoms with Crippen molar-refractivity contribution >= 4 is 11.7 Å². The Bertz CT molecular complexity index is 491. The standard InChI is InChI=1S/C16H22F2N2O2/c17-12-7-8-15(14(18)11-12)20-16(21)19-9-4-10-22-13-5-2-1-3-6-13/h7-8,11,13H,1-6,9-10H2,(H2,19,20,21). The molecule has 0 bridgehead atoms. The maximum atomic E-state index is 13.4. The molecule has 0 unspecified atom stereocenters. The average Bonchev–Trinajstić information content (AvgIpc) is 2.51. The van der Waals surface area contributed by atoms with Gasteiger partial charge < -0.3 is 15.4 Å². The zero-order chi connectivity index (χ0) is 15.8. The fourth-order valence-corrected chi connectivity index (χ4v) is 2.51. The SMILES string of the molecule is O=C(NCCCOC1CCCCC1)Nc1ccc(F)cc1F. The van der Waals surface area contributed by atoms with Gasteiger partial charge in [-0.3, -0.25) is 0 Å². The highest BCUT2D eigenvalue weighted by molar-refractivity contribution is 5.89. The van der Waals surface area contributed by atoms with Gasteiger partial charge in [0.05, 0.1) is 11.8 Å². The van der Waals surface area contributed by atoms with Gasteiger partial charge in [0.1, 0.15) is 11.6 Å². The predicted octanol–water partition coefficient (Wildman–Crippen LogP) is 3.83. The third kappa shape index (κ3) is 5.60. The highest BCUT2D eigenvalue weighted by atomic mass is 19.1. The summed E-state index contributed by atoms with van der Waals surface area (Å²) in [6, 6.07) is 2.50. The fraction of sp³-hybridized carbons (Fsp3) is 0.562. The van der Waals surface area contributed by atoms with Crippen LogP contribution in [0.25, 0.3) is 0 Å². The van der Waals surface area contributed by atoms with Gasteiger partial charge in [0.25, 0.3) is 0 Å². The zero-order valence-electron chi connectivity index (χ0n) is 12.5. The monoisotopic (exact) mass is 312 g/mol. The minimum Gasteiger partial charge on any atom is -0.378 e. The van der Waals surface area contributed by atoms with Crippen LogP contribution in [0.15, 0.2) is 18.2 Å². The van der Waals surface area contributed by atoms with Crippen molar-refractivity contribution in [2.75, 3.05) is 18.5 Å². The summed E-state index contributed by atoms with van der Waals surface area (Å²) in [6.45, 7) is 1.05. The molecule has 0 aromatic heterocycles. The normalized spacial score (nSPS) is 15.5. The Morgan fingerprint density at radius 3 is 2.73 bits per heavy atom. The topological polar surface area (TPSA) is 50.4 Å². The van der Waals surface area contributed by atoms with Crippen LogP contribution in [0.1, 0.15) is 38.5 Å². The summed E-state index contributed by atoms with van der Waals surface area (Å²) >= 11 is 0. The van der Waals surface area contributed by atoms with E-state index in [1.54, 1.807) is 0 Å². The molecule has 0 heterocycles. The van der Waals surface area contributed by atoms with E-state index in [9.17, 15) is 13.6 Å². The van der Waals surface area contributed by atoms with E-state index in [-0.39, 0.29) is 5.69 Å². The lowest BCUT2D eigenvalue weighted by molar-refractivity contribution is 0.0276. The van der Waals surface area contributed by atoms with Crippen LogP contribution in [0, 0.1) is 11.6 Å². The van der Waals surface area contributed by atoms with Crippen molar-refractivity contribution in [1.29, 1.82) is 0 Å². The first kappa shape index (κ1) is 16.7. The minimum atomic E-state index is -0.796. The van der Waals surface area contributed by atoms with Crippen LogP contribution in [0.5, 0.6) is 0 Å². The van der Waals surface area contributed by atoms with Gasteiger partial charge in [0.15, 0.2) is 0 Å². The van der Waals surface area contributed by atoms with Crippen molar-refractivity contribution in [1.82, 2.24) is 5.32 Å². The number of urea groups is 1. The van der Waals surface area contributed by atoms with Gasteiger partial charge in [-0.25, -0.2) is 13.6 Å². The Morgan fingerprint density at radius 1 is 1.23 bits per heavy atom. The number of benzene rings is 1. The minimum absolute atomic E-state index is 0.0441. The maximum Gasteiger partial charge on any atom is 0.319 e. The average molecular weight is 312 g/mol. The predicted molar refractivity (Wildman–Crippen MR) is 80.8 cm³/mol. The van der Waals surface area contributed by atoms with Gasteiger partial charge in [0.2, 0.25) is 0 Å². The van der Waals surface area contributed by atoms with Crippen LogP contribution in [0.2, 0.25) is 0 Å². The molecule has 0 aliphatic heterocycles. The molecule has 2 amide bonds. The summed E-state index contributed by atoms with van der Waals surface area (Å²) in [5.41, 5.74) is -0.0441. The number of ether oxygens (including phenoxy) is 1. The quantitative estimate of drug-likeness (QED) is 0.784. The molecule has 0 radical (unpaired) electrons. The second-order valence-corrected chi connectivity index (χ2v) is 5.49. The van der Waals surface area contributed by atoms with Crippen LogP contribution in [0.4, 0.5) is 19.3 Å². The molecule has 0 atom stereocenters. The van der Waals surface area contributed by atoms with Crippen LogP contribution >= 0.6 is 0 Å². The van der Waals surface area contributed by atoms with E-state index < -0.39 is 17.7 Å². The highest BCUT2D eigenvalue weighted by Gasteiger charge is 2.13. The smallest absolute Gasteiger partial charge is 0.319 e. The van der Waals surface area contributed by atoms with Crippen molar-refractivity contribution in [2.24, 2.45) is 0 Å². The number of hydrogen-bond acceptors (Lipinski definition) is 2. The second kappa shape index (κ2) is 8.68. The lowest BCUT2D eigenvalue weighted by Crippen LogP contribution is -2.30. The molecule has 122 valence electrons. The lowest BCUT2D eigenvalue weighted by atomic mass is 9.98. The molecule has 2 N–H and O–H groups in total. The molecule has 1 aromatic rings. The van der Waals surface area contributed by atoms with Crippen molar-refractivity contribution in [3.63, 3.8) is 0 Å². The Kier molecular flexibility index (Phi) is 6.58. The molecule has 1 fully saturated rings. The van der Waals surface area contributed by atoms with Crippen molar-refractivity contribution in [3.05, 3.63) is 29.8 Å². The number of nitrogens with one attached hydrogen (secondary N) is 2. The number of rotatable bonds is 6. The Morgan fingerprint density at radius 2 is 2.00 bits per heavy atom. The molecule has 1 aromatic carbocycles. The second-order valence-electron chi connectivity index (χ2n) is 5.49. The molecule has 1 aliphatic rings. The van der Waals surface area contributed by atoms with Crippen molar-refractivity contribution in [3.8, 4) is 0 Å². The summed E-state index contributed by atoms with van der Waals surface area (Å²) in [5.74, 6) is -1.47. The van der Waals surface area contributed by atoms with Gasteiger partial charge in [-0.15, -0.1) is 0 Å². The molecular weight excluding hydrogens is 290 g/mol.